The molecule has 2 heterocycles. The number of amides is 2. The second-order valence-corrected chi connectivity index (χ2v) is 9.01. The quantitative estimate of drug-likeness (QED) is 0.728. The van der Waals surface area contributed by atoms with Crippen LogP contribution in [-0.4, -0.2) is 49.5 Å². The molecule has 4 rings (SSSR count). The molecule has 0 unspecified atom stereocenters. The molecule has 164 valence electrons. The minimum absolute atomic E-state index is 0.0136. The van der Waals surface area contributed by atoms with Crippen LogP contribution in [0.5, 0.6) is 5.75 Å². The van der Waals surface area contributed by atoms with Crippen molar-refractivity contribution in [3.63, 3.8) is 0 Å². The van der Waals surface area contributed by atoms with Gasteiger partial charge in [0.15, 0.2) is 6.61 Å². The van der Waals surface area contributed by atoms with E-state index in [4.69, 9.17) is 4.74 Å². The number of ether oxygens (including phenoxy) is 1. The molecule has 1 N–H and O–H groups in total. The second-order valence-electron chi connectivity index (χ2n) is 9.01. The summed E-state index contributed by atoms with van der Waals surface area (Å²) in [7, 11) is 0. The first kappa shape index (κ1) is 21.2. The van der Waals surface area contributed by atoms with Crippen molar-refractivity contribution >= 4 is 23.2 Å². The average molecular weight is 414 g/mol. The molecular formula is C24H35N3O3. The van der Waals surface area contributed by atoms with Gasteiger partial charge in [0.1, 0.15) is 5.75 Å². The molecule has 1 saturated carbocycles. The monoisotopic (exact) mass is 413 g/mol. The summed E-state index contributed by atoms with van der Waals surface area (Å²) < 4.78 is 5.63. The molecule has 1 aromatic rings. The Morgan fingerprint density at radius 1 is 1.03 bits per heavy atom. The van der Waals surface area contributed by atoms with E-state index in [1.54, 1.807) is 0 Å². The van der Waals surface area contributed by atoms with Crippen LogP contribution in [0, 0.1) is 5.92 Å². The normalized spacial score (nSPS) is 20.5. The van der Waals surface area contributed by atoms with Gasteiger partial charge in [0.25, 0.3) is 5.91 Å². The van der Waals surface area contributed by atoms with Crippen molar-refractivity contribution in [2.24, 2.45) is 5.92 Å². The van der Waals surface area contributed by atoms with Crippen LogP contribution in [0.4, 0.5) is 11.4 Å². The Bertz CT molecular complexity index is 739. The number of fused-ring (bicyclic) bond motifs is 1. The molecule has 1 aliphatic carbocycles. The number of hydrogen-bond donors (Lipinski definition) is 1. The van der Waals surface area contributed by atoms with Crippen molar-refractivity contribution in [3.8, 4) is 5.75 Å². The lowest BCUT2D eigenvalue weighted by Crippen LogP contribution is -2.44. The summed E-state index contributed by atoms with van der Waals surface area (Å²) in [6.45, 7) is 3.85. The number of nitrogens with one attached hydrogen (secondary N) is 1. The van der Waals surface area contributed by atoms with E-state index in [1.165, 1.54) is 51.4 Å². The van der Waals surface area contributed by atoms with Crippen molar-refractivity contribution in [2.45, 2.75) is 64.2 Å². The highest BCUT2D eigenvalue weighted by Gasteiger charge is 2.26. The summed E-state index contributed by atoms with van der Waals surface area (Å²) in [6.07, 6.45) is 11.8. The van der Waals surface area contributed by atoms with Gasteiger partial charge in [-0.15, -0.1) is 0 Å². The number of rotatable bonds is 7. The van der Waals surface area contributed by atoms with Crippen LogP contribution in [0.25, 0.3) is 0 Å². The molecule has 2 fully saturated rings. The van der Waals surface area contributed by atoms with Gasteiger partial charge in [0.2, 0.25) is 5.91 Å². The van der Waals surface area contributed by atoms with Crippen molar-refractivity contribution in [2.75, 3.05) is 43.0 Å². The van der Waals surface area contributed by atoms with Gasteiger partial charge in [-0.2, -0.15) is 0 Å². The largest absolute Gasteiger partial charge is 0.482 e. The summed E-state index contributed by atoms with van der Waals surface area (Å²) in [5.41, 5.74) is 1.51. The number of carbonyl (C=O) groups is 2. The number of nitrogens with zero attached hydrogens (tertiary/aromatic N) is 2. The maximum atomic E-state index is 12.5. The van der Waals surface area contributed by atoms with Crippen LogP contribution in [-0.2, 0) is 9.59 Å². The van der Waals surface area contributed by atoms with Crippen molar-refractivity contribution < 1.29 is 14.3 Å². The molecule has 2 amide bonds. The highest BCUT2D eigenvalue weighted by atomic mass is 16.5. The smallest absolute Gasteiger partial charge is 0.265 e. The molecule has 0 atom stereocenters. The van der Waals surface area contributed by atoms with Crippen LogP contribution in [0.1, 0.15) is 64.2 Å². The van der Waals surface area contributed by atoms with Gasteiger partial charge in [0, 0.05) is 25.2 Å². The third-order valence-corrected chi connectivity index (χ3v) is 6.78. The van der Waals surface area contributed by atoms with E-state index < -0.39 is 0 Å². The fourth-order valence-electron chi connectivity index (χ4n) is 4.98. The van der Waals surface area contributed by atoms with Crippen LogP contribution in [0.15, 0.2) is 18.2 Å². The topological polar surface area (TPSA) is 61.9 Å². The zero-order valence-electron chi connectivity index (χ0n) is 18.0. The van der Waals surface area contributed by atoms with Crippen LogP contribution >= 0.6 is 0 Å². The zero-order valence-corrected chi connectivity index (χ0v) is 18.0. The lowest BCUT2D eigenvalue weighted by molar-refractivity contribution is -0.121. The second kappa shape index (κ2) is 10.3. The van der Waals surface area contributed by atoms with E-state index in [0.29, 0.717) is 24.6 Å². The Hall–Kier alpha value is -2.08. The Morgan fingerprint density at radius 2 is 1.80 bits per heavy atom. The van der Waals surface area contributed by atoms with Gasteiger partial charge in [-0.25, -0.2) is 0 Å². The third-order valence-electron chi connectivity index (χ3n) is 6.78. The van der Waals surface area contributed by atoms with Crippen LogP contribution in [0.3, 0.4) is 0 Å². The summed E-state index contributed by atoms with van der Waals surface area (Å²) in [5, 5.41) is 3.03. The molecule has 6 nitrogen and oxygen atoms in total. The van der Waals surface area contributed by atoms with Crippen molar-refractivity contribution in [1.29, 1.82) is 0 Å². The lowest BCUT2D eigenvalue weighted by atomic mass is 9.86. The van der Waals surface area contributed by atoms with Gasteiger partial charge in [0.05, 0.1) is 5.69 Å². The molecule has 3 aliphatic rings. The third kappa shape index (κ3) is 5.54. The number of benzene rings is 1. The minimum atomic E-state index is -0.0136. The Balaban J connectivity index is 1.35. The first-order chi connectivity index (χ1) is 14.7. The summed E-state index contributed by atoms with van der Waals surface area (Å²) in [4.78, 5) is 29.3. The van der Waals surface area contributed by atoms with Gasteiger partial charge in [-0.05, 0) is 56.5 Å². The summed E-state index contributed by atoms with van der Waals surface area (Å²) in [6, 6.07) is 5.63. The number of carbonyl (C=O) groups excluding carboxylic acids is 2. The molecule has 0 aromatic heterocycles. The molecule has 30 heavy (non-hydrogen) atoms. The molecule has 6 heteroatoms. The predicted molar refractivity (Wildman–Crippen MR) is 119 cm³/mol. The summed E-state index contributed by atoms with van der Waals surface area (Å²) in [5.74, 6) is 1.46. The van der Waals surface area contributed by atoms with Crippen molar-refractivity contribution in [3.05, 3.63) is 18.2 Å². The molecular weight excluding hydrogens is 378 g/mol. The predicted octanol–water partition coefficient (Wildman–Crippen LogP) is 4.20. The van der Waals surface area contributed by atoms with E-state index in [2.05, 4.69) is 10.2 Å². The Kier molecular flexibility index (Phi) is 7.26. The molecule has 1 aromatic carbocycles. The lowest BCUT2D eigenvalue weighted by Gasteiger charge is -2.33. The SMILES string of the molecule is O=C(CCC1CCCCC1)Nc1ccc2c(c1)N(CCN1CCCCC1)C(=O)CO2. The van der Waals surface area contributed by atoms with E-state index in [-0.39, 0.29) is 18.4 Å². The van der Waals surface area contributed by atoms with Crippen LogP contribution < -0.4 is 15.0 Å². The standard InChI is InChI=1S/C24H35N3O3/c28-23(12-9-19-7-3-1-4-8-19)25-20-10-11-22-21(17-20)27(24(29)18-30-22)16-15-26-13-5-2-6-14-26/h10-11,17,19H,1-9,12-16,18H2,(H,25,28). The highest BCUT2D eigenvalue weighted by Crippen LogP contribution is 2.35. The fraction of sp³-hybridized carbons (Fsp3) is 0.667. The van der Waals surface area contributed by atoms with E-state index >= 15 is 0 Å². The molecule has 2 aliphatic heterocycles. The number of likely N-dealkylation sites (tertiary alicyclic amines) is 1. The van der Waals surface area contributed by atoms with Gasteiger partial charge >= 0.3 is 0 Å². The molecule has 0 bridgehead atoms. The molecule has 0 spiro atoms. The maximum absolute atomic E-state index is 12.5. The first-order valence-corrected chi connectivity index (χ1v) is 11.8. The Labute approximate surface area is 179 Å². The van der Waals surface area contributed by atoms with Gasteiger partial charge in [-0.1, -0.05) is 38.5 Å². The number of hydrogen-bond acceptors (Lipinski definition) is 4. The average Bonchev–Trinajstić information content (AvgIpc) is 2.78. The van der Waals surface area contributed by atoms with E-state index in [9.17, 15) is 9.59 Å². The molecule has 1 saturated heterocycles. The van der Waals surface area contributed by atoms with Gasteiger partial charge in [-0.3, -0.25) is 9.59 Å². The Morgan fingerprint density at radius 3 is 2.60 bits per heavy atom. The zero-order chi connectivity index (χ0) is 20.8. The highest BCUT2D eigenvalue weighted by molar-refractivity contribution is 5.99. The summed E-state index contributed by atoms with van der Waals surface area (Å²) >= 11 is 0. The first-order valence-electron chi connectivity index (χ1n) is 11.8. The minimum Gasteiger partial charge on any atom is -0.482 e. The number of piperidine rings is 1. The molecule has 0 radical (unpaired) electrons. The van der Waals surface area contributed by atoms with Gasteiger partial charge < -0.3 is 19.9 Å². The van der Waals surface area contributed by atoms with Crippen LogP contribution in [0.2, 0.25) is 0 Å². The maximum Gasteiger partial charge on any atom is 0.265 e. The van der Waals surface area contributed by atoms with E-state index in [1.807, 2.05) is 23.1 Å². The van der Waals surface area contributed by atoms with E-state index in [0.717, 1.165) is 37.4 Å². The fourth-order valence-corrected chi connectivity index (χ4v) is 4.98. The van der Waals surface area contributed by atoms with Crippen molar-refractivity contribution in [1.82, 2.24) is 4.90 Å². The number of anilines is 2.